The lowest BCUT2D eigenvalue weighted by molar-refractivity contribution is -0.132. The smallest absolute Gasteiger partial charge is 0.258 e. The second kappa shape index (κ2) is 10.1. The Morgan fingerprint density at radius 3 is 2.45 bits per heavy atom. The van der Waals surface area contributed by atoms with Gasteiger partial charge in [-0.2, -0.15) is 4.72 Å². The van der Waals surface area contributed by atoms with Gasteiger partial charge in [-0.1, -0.05) is 26.0 Å². The highest BCUT2D eigenvalue weighted by molar-refractivity contribution is 7.89. The molecule has 0 aliphatic carbocycles. The number of ether oxygens (including phenoxy) is 1. The van der Waals surface area contributed by atoms with Crippen molar-refractivity contribution in [2.75, 3.05) is 14.2 Å². The molecule has 3 aromatic rings. The fourth-order valence-corrected chi connectivity index (χ4v) is 4.66. The standard InChI is InChI=1S/C23H28N4O5S/c1-15(2)13-20(26-33(30,31)17-11-9-16(32-4)10-12-17)23(29)27(3)14-21-24-19-8-6-5-7-18(19)22(28)25-21/h5-12,15,20,26H,13-14H2,1-4H3,(H,24,25,28)/t20-/m0/s1. The van der Waals surface area contributed by atoms with Crippen LogP contribution in [0.4, 0.5) is 0 Å². The summed E-state index contributed by atoms with van der Waals surface area (Å²) in [6.45, 7) is 3.84. The van der Waals surface area contributed by atoms with Crippen LogP contribution in [0.3, 0.4) is 0 Å². The molecular weight excluding hydrogens is 444 g/mol. The second-order valence-corrected chi connectivity index (χ2v) is 9.92. The van der Waals surface area contributed by atoms with Crippen LogP contribution in [0.5, 0.6) is 5.75 Å². The Morgan fingerprint density at radius 2 is 1.82 bits per heavy atom. The first-order valence-corrected chi connectivity index (χ1v) is 12.0. The molecule has 1 aromatic heterocycles. The highest BCUT2D eigenvalue weighted by atomic mass is 32.2. The van der Waals surface area contributed by atoms with Crippen molar-refractivity contribution in [3.05, 3.63) is 64.7 Å². The lowest BCUT2D eigenvalue weighted by Gasteiger charge is -2.25. The average molecular weight is 473 g/mol. The number of nitrogens with zero attached hydrogens (tertiary/aromatic N) is 2. The van der Waals surface area contributed by atoms with E-state index < -0.39 is 22.0 Å². The molecule has 10 heteroatoms. The Morgan fingerprint density at radius 1 is 1.15 bits per heavy atom. The normalized spacial score (nSPS) is 12.6. The van der Waals surface area contributed by atoms with Gasteiger partial charge in [-0.15, -0.1) is 0 Å². The van der Waals surface area contributed by atoms with E-state index in [1.165, 1.54) is 24.1 Å². The van der Waals surface area contributed by atoms with E-state index in [0.717, 1.165) is 0 Å². The molecule has 2 aromatic carbocycles. The maximum Gasteiger partial charge on any atom is 0.258 e. The molecule has 1 atom stereocenters. The van der Waals surface area contributed by atoms with Crippen molar-refractivity contribution in [1.29, 1.82) is 0 Å². The zero-order chi connectivity index (χ0) is 24.2. The zero-order valence-corrected chi connectivity index (χ0v) is 19.8. The molecule has 0 unspecified atom stereocenters. The molecule has 0 aliphatic heterocycles. The van der Waals surface area contributed by atoms with Crippen molar-refractivity contribution in [3.63, 3.8) is 0 Å². The number of carbonyl (C=O) groups excluding carboxylic acids is 1. The lowest BCUT2D eigenvalue weighted by Crippen LogP contribution is -2.47. The van der Waals surface area contributed by atoms with Crippen LogP contribution < -0.4 is 15.0 Å². The van der Waals surface area contributed by atoms with Gasteiger partial charge in [0.05, 0.1) is 29.5 Å². The number of H-pyrrole nitrogens is 1. The molecule has 1 heterocycles. The van der Waals surface area contributed by atoms with Gasteiger partial charge in [0.2, 0.25) is 15.9 Å². The van der Waals surface area contributed by atoms with Gasteiger partial charge in [0.1, 0.15) is 17.6 Å². The third-order valence-electron chi connectivity index (χ3n) is 5.10. The number of likely N-dealkylation sites (N-methyl/N-ethyl adjacent to an activating group) is 1. The highest BCUT2D eigenvalue weighted by Crippen LogP contribution is 2.18. The number of sulfonamides is 1. The van der Waals surface area contributed by atoms with E-state index in [4.69, 9.17) is 4.74 Å². The zero-order valence-electron chi connectivity index (χ0n) is 19.0. The van der Waals surface area contributed by atoms with Gasteiger partial charge in [-0.25, -0.2) is 13.4 Å². The van der Waals surface area contributed by atoms with E-state index in [1.54, 1.807) is 43.4 Å². The summed E-state index contributed by atoms with van der Waals surface area (Å²) in [6.07, 6.45) is 0.306. The molecule has 0 radical (unpaired) electrons. The Labute approximate surface area is 192 Å². The highest BCUT2D eigenvalue weighted by Gasteiger charge is 2.29. The van der Waals surface area contributed by atoms with E-state index in [1.807, 2.05) is 13.8 Å². The fraction of sp³-hybridized carbons (Fsp3) is 0.348. The number of para-hydroxylation sites is 1. The van der Waals surface area contributed by atoms with Crippen molar-refractivity contribution in [3.8, 4) is 5.75 Å². The molecule has 3 rings (SSSR count). The van der Waals surface area contributed by atoms with E-state index >= 15 is 0 Å². The molecule has 0 fully saturated rings. The van der Waals surface area contributed by atoms with Crippen LogP contribution in [0, 0.1) is 5.92 Å². The number of hydrogen-bond acceptors (Lipinski definition) is 6. The number of benzene rings is 2. The Hall–Kier alpha value is -3.24. The molecule has 2 N–H and O–H groups in total. The monoisotopic (exact) mass is 472 g/mol. The molecule has 0 spiro atoms. The SMILES string of the molecule is COc1ccc(S(=O)(=O)N[C@@H](CC(C)C)C(=O)N(C)Cc2nc3ccccc3c(=O)[nH]2)cc1. The number of amides is 1. The van der Waals surface area contributed by atoms with Crippen LogP contribution in [0.1, 0.15) is 26.1 Å². The minimum atomic E-state index is -3.94. The maximum absolute atomic E-state index is 13.2. The number of hydrogen-bond donors (Lipinski definition) is 2. The number of nitrogens with one attached hydrogen (secondary N) is 2. The van der Waals surface area contributed by atoms with Crippen molar-refractivity contribution >= 4 is 26.8 Å². The molecule has 0 aliphatic rings. The van der Waals surface area contributed by atoms with Crippen LogP contribution in [0.2, 0.25) is 0 Å². The van der Waals surface area contributed by atoms with Gasteiger partial charge in [-0.05, 0) is 48.7 Å². The average Bonchev–Trinajstić information content (AvgIpc) is 2.77. The first kappa shape index (κ1) is 24.4. The van der Waals surface area contributed by atoms with E-state index in [9.17, 15) is 18.0 Å². The first-order chi connectivity index (χ1) is 15.6. The van der Waals surface area contributed by atoms with Crippen LogP contribution >= 0.6 is 0 Å². The van der Waals surface area contributed by atoms with Crippen molar-refractivity contribution in [1.82, 2.24) is 19.6 Å². The summed E-state index contributed by atoms with van der Waals surface area (Å²) in [5.41, 5.74) is 0.228. The van der Waals surface area contributed by atoms with E-state index in [2.05, 4.69) is 14.7 Å². The predicted molar refractivity (Wildman–Crippen MR) is 125 cm³/mol. The third kappa shape index (κ3) is 5.96. The molecule has 1 amide bonds. The molecule has 0 saturated heterocycles. The Bertz CT molecular complexity index is 1290. The van der Waals surface area contributed by atoms with Gasteiger partial charge in [0, 0.05) is 7.05 Å². The molecule has 176 valence electrons. The second-order valence-electron chi connectivity index (χ2n) is 8.20. The number of carbonyl (C=O) groups is 1. The summed E-state index contributed by atoms with van der Waals surface area (Å²) in [4.78, 5) is 34.0. The van der Waals surface area contributed by atoms with E-state index in [-0.39, 0.29) is 22.9 Å². The first-order valence-electron chi connectivity index (χ1n) is 10.5. The quantitative estimate of drug-likeness (QED) is 0.493. The van der Waals surface area contributed by atoms with Crippen molar-refractivity contribution in [2.45, 2.75) is 37.8 Å². The molecular formula is C23H28N4O5S. The van der Waals surface area contributed by atoms with Gasteiger partial charge < -0.3 is 14.6 Å². The largest absolute Gasteiger partial charge is 0.497 e. The fourth-order valence-electron chi connectivity index (χ4n) is 3.46. The number of aromatic amines is 1. The minimum Gasteiger partial charge on any atom is -0.497 e. The summed E-state index contributed by atoms with van der Waals surface area (Å²) in [5.74, 6) is 0.484. The summed E-state index contributed by atoms with van der Waals surface area (Å²) < 4.78 is 33.4. The van der Waals surface area contributed by atoms with Gasteiger partial charge in [0.15, 0.2) is 0 Å². The minimum absolute atomic E-state index is 0.0256. The van der Waals surface area contributed by atoms with Crippen LogP contribution in [0.15, 0.2) is 58.2 Å². The maximum atomic E-state index is 13.2. The third-order valence-corrected chi connectivity index (χ3v) is 6.59. The summed E-state index contributed by atoms with van der Waals surface area (Å²) in [6, 6.07) is 11.9. The Balaban J connectivity index is 1.81. The van der Waals surface area contributed by atoms with Crippen molar-refractivity contribution < 1.29 is 17.9 Å². The van der Waals surface area contributed by atoms with E-state index in [0.29, 0.717) is 28.9 Å². The summed E-state index contributed by atoms with van der Waals surface area (Å²) >= 11 is 0. The molecule has 9 nitrogen and oxygen atoms in total. The predicted octanol–water partition coefficient (Wildman–Crippen LogP) is 2.28. The number of methoxy groups -OCH3 is 1. The number of rotatable bonds is 9. The molecule has 0 saturated carbocycles. The topological polar surface area (TPSA) is 121 Å². The molecule has 0 bridgehead atoms. The summed E-state index contributed by atoms with van der Waals surface area (Å²) in [5, 5.41) is 0.458. The Kier molecular flexibility index (Phi) is 7.50. The lowest BCUT2D eigenvalue weighted by atomic mass is 10.0. The van der Waals surface area contributed by atoms with Crippen LogP contribution in [-0.2, 0) is 21.4 Å². The number of aromatic nitrogens is 2. The van der Waals surface area contributed by atoms with Gasteiger partial charge >= 0.3 is 0 Å². The van der Waals surface area contributed by atoms with Gasteiger partial charge in [0.25, 0.3) is 5.56 Å². The van der Waals surface area contributed by atoms with Crippen molar-refractivity contribution in [2.24, 2.45) is 5.92 Å². The summed E-state index contributed by atoms with van der Waals surface area (Å²) in [7, 11) is -0.903. The molecule has 33 heavy (non-hydrogen) atoms. The van der Waals surface area contributed by atoms with Gasteiger partial charge in [-0.3, -0.25) is 9.59 Å². The van der Waals surface area contributed by atoms with Crippen LogP contribution in [-0.4, -0.2) is 49.4 Å². The number of fused-ring (bicyclic) bond motifs is 1. The van der Waals surface area contributed by atoms with Crippen LogP contribution in [0.25, 0.3) is 10.9 Å².